The molecule has 5 rings (SSSR count). The van der Waals surface area contributed by atoms with Crippen LogP contribution >= 0.6 is 11.8 Å². The van der Waals surface area contributed by atoms with Crippen LogP contribution in [0.3, 0.4) is 0 Å². The van der Waals surface area contributed by atoms with Crippen LogP contribution in [0.2, 0.25) is 0 Å². The van der Waals surface area contributed by atoms with E-state index in [1.165, 1.54) is 16.7 Å². The van der Waals surface area contributed by atoms with Gasteiger partial charge in [-0.25, -0.2) is 0 Å². The maximum absolute atomic E-state index is 11.3. The van der Waals surface area contributed by atoms with E-state index in [1.807, 2.05) is 18.2 Å². The molecule has 3 heterocycles. The van der Waals surface area contributed by atoms with E-state index in [9.17, 15) is 9.90 Å². The van der Waals surface area contributed by atoms with E-state index < -0.39 is 5.97 Å². The number of para-hydroxylation sites is 1. The highest BCUT2D eigenvalue weighted by Gasteiger charge is 2.31. The van der Waals surface area contributed by atoms with Crippen molar-refractivity contribution in [3.63, 3.8) is 0 Å². The monoisotopic (exact) mass is 509 g/mol. The average Bonchev–Trinajstić information content (AvgIpc) is 3.39. The van der Waals surface area contributed by atoms with Crippen molar-refractivity contribution >= 4 is 23.4 Å². The summed E-state index contributed by atoms with van der Waals surface area (Å²) in [4.78, 5) is 16.0. The van der Waals surface area contributed by atoms with Crippen LogP contribution in [0.1, 0.15) is 35.1 Å². The minimum atomic E-state index is -0.673. The van der Waals surface area contributed by atoms with Gasteiger partial charge in [0.25, 0.3) is 0 Å². The van der Waals surface area contributed by atoms with Gasteiger partial charge in [0.15, 0.2) is 0 Å². The molecule has 3 aliphatic heterocycles. The maximum atomic E-state index is 11.3. The Bertz CT molecular complexity index is 1090. The predicted molar refractivity (Wildman–Crippen MR) is 142 cm³/mol. The minimum absolute atomic E-state index is 0.129. The number of benzene rings is 2. The smallest absolute Gasteiger partial charge is 0.306 e. The largest absolute Gasteiger partial charge is 0.488 e. The molecule has 0 aliphatic carbocycles. The molecular weight excluding hydrogens is 474 g/mol. The van der Waals surface area contributed by atoms with Gasteiger partial charge in [-0.3, -0.25) is 14.6 Å². The normalized spacial score (nSPS) is 21.7. The number of carboxylic acids is 1. The molecule has 8 heteroatoms. The number of morpholine rings is 1. The van der Waals surface area contributed by atoms with Crippen LogP contribution in [0.5, 0.6) is 5.75 Å². The summed E-state index contributed by atoms with van der Waals surface area (Å²) < 4.78 is 11.8. The second-order valence-electron chi connectivity index (χ2n) is 9.75. The van der Waals surface area contributed by atoms with Gasteiger partial charge in [0.05, 0.1) is 24.8 Å². The third kappa shape index (κ3) is 6.06. The highest BCUT2D eigenvalue weighted by Crippen LogP contribution is 2.35. The molecule has 36 heavy (non-hydrogen) atoms. The second-order valence-corrected chi connectivity index (χ2v) is 10.7. The topological polar surface area (TPSA) is 74.3 Å². The van der Waals surface area contributed by atoms with Crippen LogP contribution in [-0.4, -0.2) is 65.8 Å². The van der Waals surface area contributed by atoms with Gasteiger partial charge in [0, 0.05) is 38.3 Å². The zero-order valence-electron chi connectivity index (χ0n) is 20.8. The maximum Gasteiger partial charge on any atom is 0.306 e. The van der Waals surface area contributed by atoms with Crippen LogP contribution in [0.25, 0.3) is 5.70 Å². The Morgan fingerprint density at radius 2 is 1.92 bits per heavy atom. The molecule has 0 spiro atoms. The zero-order valence-corrected chi connectivity index (χ0v) is 21.6. The number of hydrogen-bond acceptors (Lipinski definition) is 7. The summed E-state index contributed by atoms with van der Waals surface area (Å²) in [7, 11) is 0. The fourth-order valence-corrected chi connectivity index (χ4v) is 6.08. The molecule has 0 bridgehead atoms. The minimum Gasteiger partial charge on any atom is -0.488 e. The van der Waals surface area contributed by atoms with E-state index in [4.69, 9.17) is 9.47 Å². The number of hydrogen-bond donors (Lipinski definition) is 2. The molecule has 0 radical (unpaired) electrons. The number of carboxylic acid groups (broad SMARTS) is 1. The lowest BCUT2D eigenvalue weighted by Crippen LogP contribution is -2.45. The standard InChI is InChI=1S/C28H35N3O4S/c1-20-16-21(17-30-12-14-34-15-13-30)6-7-23(20)18-35-26-5-3-2-4-24(26)25-19-36-28(29-25)31-10-8-22(9-11-31)27(32)33/h2-7,16,19,22,28-29H,8-15,17-18H2,1H3,(H,32,33). The molecule has 3 aliphatic rings. The lowest BCUT2D eigenvalue weighted by atomic mass is 9.97. The molecule has 2 aromatic rings. The van der Waals surface area contributed by atoms with E-state index in [2.05, 4.69) is 51.7 Å². The average molecular weight is 510 g/mol. The summed E-state index contributed by atoms with van der Waals surface area (Å²) in [5.41, 5.74) is 6.00. The van der Waals surface area contributed by atoms with Gasteiger partial charge >= 0.3 is 5.97 Å². The lowest BCUT2D eigenvalue weighted by Gasteiger charge is -2.34. The zero-order chi connectivity index (χ0) is 24.9. The number of likely N-dealkylation sites (tertiary alicyclic amines) is 1. The van der Waals surface area contributed by atoms with E-state index in [0.717, 1.165) is 62.9 Å². The van der Waals surface area contributed by atoms with Gasteiger partial charge < -0.3 is 19.9 Å². The molecule has 2 saturated heterocycles. The Hall–Kier alpha value is -2.52. The lowest BCUT2D eigenvalue weighted by molar-refractivity contribution is -0.143. The molecule has 2 N–H and O–H groups in total. The quantitative estimate of drug-likeness (QED) is 0.551. The molecule has 1 atom stereocenters. The van der Waals surface area contributed by atoms with Crippen molar-refractivity contribution in [2.75, 3.05) is 39.4 Å². The van der Waals surface area contributed by atoms with Gasteiger partial charge in [-0.2, -0.15) is 0 Å². The molecule has 0 amide bonds. The van der Waals surface area contributed by atoms with Crippen molar-refractivity contribution in [3.05, 3.63) is 70.1 Å². The summed E-state index contributed by atoms with van der Waals surface area (Å²) in [5.74, 6) is -0.0291. The number of aliphatic carboxylic acids is 1. The Labute approximate surface area is 217 Å². The summed E-state index contributed by atoms with van der Waals surface area (Å²) in [6, 6.07) is 14.8. The van der Waals surface area contributed by atoms with E-state index in [0.29, 0.717) is 19.4 Å². The number of rotatable bonds is 8. The summed E-state index contributed by atoms with van der Waals surface area (Å²) in [6.07, 6.45) is 1.40. The van der Waals surface area contributed by atoms with Crippen LogP contribution in [0.15, 0.2) is 47.9 Å². The van der Waals surface area contributed by atoms with Crippen molar-refractivity contribution in [2.45, 2.75) is 38.4 Å². The Morgan fingerprint density at radius 1 is 1.14 bits per heavy atom. The number of ether oxygens (including phenoxy) is 2. The summed E-state index contributed by atoms with van der Waals surface area (Å²) in [6.45, 7) is 8.84. The molecule has 0 saturated carbocycles. The van der Waals surface area contributed by atoms with Crippen LogP contribution < -0.4 is 10.1 Å². The first-order chi connectivity index (χ1) is 17.6. The van der Waals surface area contributed by atoms with E-state index >= 15 is 0 Å². The van der Waals surface area contributed by atoms with Gasteiger partial charge in [0.1, 0.15) is 17.9 Å². The highest BCUT2D eigenvalue weighted by atomic mass is 32.2. The molecule has 2 aromatic carbocycles. The number of nitrogens with zero attached hydrogens (tertiary/aromatic N) is 2. The molecule has 7 nitrogen and oxygen atoms in total. The molecular formula is C28H35N3O4S. The summed E-state index contributed by atoms with van der Waals surface area (Å²) >= 11 is 1.74. The van der Waals surface area contributed by atoms with Gasteiger partial charge in [-0.05, 0) is 54.0 Å². The number of thioether (sulfide) groups is 1. The van der Waals surface area contributed by atoms with Crippen molar-refractivity contribution < 1.29 is 19.4 Å². The van der Waals surface area contributed by atoms with Gasteiger partial charge in [-0.1, -0.05) is 42.1 Å². The predicted octanol–water partition coefficient (Wildman–Crippen LogP) is 4.12. The first-order valence-electron chi connectivity index (χ1n) is 12.8. The number of aryl methyl sites for hydroxylation is 1. The first-order valence-corrected chi connectivity index (χ1v) is 13.7. The Kier molecular flexibility index (Phi) is 8.16. The van der Waals surface area contributed by atoms with Crippen molar-refractivity contribution in [2.24, 2.45) is 5.92 Å². The van der Waals surface area contributed by atoms with Crippen LogP contribution in [0, 0.1) is 12.8 Å². The van der Waals surface area contributed by atoms with Crippen LogP contribution in [-0.2, 0) is 22.7 Å². The summed E-state index contributed by atoms with van der Waals surface area (Å²) in [5, 5.41) is 15.1. The molecule has 0 aromatic heterocycles. The Balaban J connectivity index is 1.18. The fourth-order valence-electron chi connectivity index (χ4n) is 5.04. The van der Waals surface area contributed by atoms with Gasteiger partial charge in [-0.15, -0.1) is 0 Å². The van der Waals surface area contributed by atoms with Crippen LogP contribution in [0.4, 0.5) is 0 Å². The van der Waals surface area contributed by atoms with Crippen molar-refractivity contribution in [1.29, 1.82) is 0 Å². The molecule has 1 unspecified atom stereocenters. The van der Waals surface area contributed by atoms with E-state index in [1.54, 1.807) is 11.8 Å². The highest BCUT2D eigenvalue weighted by molar-refractivity contribution is 8.03. The first kappa shape index (κ1) is 25.1. The number of carbonyl (C=O) groups is 1. The third-order valence-electron chi connectivity index (χ3n) is 7.28. The Morgan fingerprint density at radius 3 is 2.67 bits per heavy atom. The molecule has 2 fully saturated rings. The van der Waals surface area contributed by atoms with Gasteiger partial charge in [0.2, 0.25) is 0 Å². The number of piperidine rings is 1. The fraction of sp³-hybridized carbons (Fsp3) is 0.464. The van der Waals surface area contributed by atoms with E-state index in [-0.39, 0.29) is 11.4 Å². The SMILES string of the molecule is Cc1cc(CN2CCOCC2)ccc1COc1ccccc1C1=CSC(N2CCC(C(=O)O)CC2)N1. The van der Waals surface area contributed by atoms with Crippen molar-refractivity contribution in [3.8, 4) is 5.75 Å². The number of nitrogens with one attached hydrogen (secondary N) is 1. The third-order valence-corrected chi connectivity index (χ3v) is 8.33. The van der Waals surface area contributed by atoms with Crippen molar-refractivity contribution in [1.82, 2.24) is 15.1 Å². The second kappa shape index (κ2) is 11.7. The molecule has 192 valence electrons.